The molecule has 2 aromatic heterocycles. The SMILES string of the molecule is CN(C)c1cccc(CC(=O)Nc2ccc([C@@H]3CCC[C@@H](c4ccc(NC(=O)Cc5cccc(N(C)C)c5)nn4)C3)nn2)c1. The quantitative estimate of drug-likeness (QED) is 0.258. The van der Waals surface area contributed by atoms with Gasteiger partial charge in [0.15, 0.2) is 11.6 Å². The van der Waals surface area contributed by atoms with Crippen molar-refractivity contribution in [3.63, 3.8) is 0 Å². The van der Waals surface area contributed by atoms with E-state index in [1.165, 1.54) is 0 Å². The highest BCUT2D eigenvalue weighted by Crippen LogP contribution is 2.40. The number of anilines is 4. The Morgan fingerprint density at radius 2 is 1.11 bits per heavy atom. The number of nitrogens with zero attached hydrogens (tertiary/aromatic N) is 6. The lowest BCUT2D eigenvalue weighted by Gasteiger charge is -2.28. The molecule has 5 rings (SSSR count). The molecule has 2 aromatic carbocycles. The molecule has 0 spiro atoms. The summed E-state index contributed by atoms with van der Waals surface area (Å²) in [5.41, 5.74) is 5.82. The van der Waals surface area contributed by atoms with E-state index in [-0.39, 0.29) is 36.5 Å². The summed E-state index contributed by atoms with van der Waals surface area (Å²) in [6, 6.07) is 23.4. The fourth-order valence-electron chi connectivity index (χ4n) is 5.62. The van der Waals surface area contributed by atoms with Gasteiger partial charge in [-0.25, -0.2) is 0 Å². The van der Waals surface area contributed by atoms with E-state index in [0.717, 1.165) is 59.6 Å². The average Bonchev–Trinajstić information content (AvgIpc) is 3.02. The Bertz CT molecular complexity index is 1450. The van der Waals surface area contributed by atoms with Crippen molar-refractivity contribution in [3.8, 4) is 0 Å². The van der Waals surface area contributed by atoms with Gasteiger partial charge in [0.05, 0.1) is 24.2 Å². The maximum absolute atomic E-state index is 12.6. The zero-order valence-corrected chi connectivity index (χ0v) is 25.8. The number of benzene rings is 2. The van der Waals surface area contributed by atoms with Gasteiger partial charge in [-0.05, 0) is 78.9 Å². The van der Waals surface area contributed by atoms with Crippen molar-refractivity contribution in [1.82, 2.24) is 20.4 Å². The van der Waals surface area contributed by atoms with Crippen LogP contribution in [0.2, 0.25) is 0 Å². The van der Waals surface area contributed by atoms with E-state index in [1.54, 1.807) is 0 Å². The van der Waals surface area contributed by atoms with E-state index in [9.17, 15) is 9.59 Å². The molecule has 44 heavy (non-hydrogen) atoms. The summed E-state index contributed by atoms with van der Waals surface area (Å²) >= 11 is 0. The van der Waals surface area contributed by atoms with E-state index in [2.05, 4.69) is 31.0 Å². The highest BCUT2D eigenvalue weighted by molar-refractivity contribution is 5.92. The molecule has 2 amide bonds. The van der Waals surface area contributed by atoms with Crippen molar-refractivity contribution in [3.05, 3.63) is 95.3 Å². The first-order valence-corrected chi connectivity index (χ1v) is 15.0. The predicted octanol–water partition coefficient (Wildman–Crippen LogP) is 5.20. The van der Waals surface area contributed by atoms with Crippen LogP contribution in [0.5, 0.6) is 0 Å². The van der Waals surface area contributed by atoms with Crippen LogP contribution < -0.4 is 20.4 Å². The van der Waals surface area contributed by atoms with Crippen molar-refractivity contribution in [2.24, 2.45) is 0 Å². The molecule has 10 nitrogen and oxygen atoms in total. The van der Waals surface area contributed by atoms with E-state index < -0.39 is 0 Å². The van der Waals surface area contributed by atoms with Gasteiger partial charge >= 0.3 is 0 Å². The van der Waals surface area contributed by atoms with Crippen LogP contribution in [-0.4, -0.2) is 60.4 Å². The normalized spacial score (nSPS) is 16.2. The molecule has 1 aliphatic carbocycles. The molecule has 0 bridgehead atoms. The number of carbonyl (C=O) groups is 2. The van der Waals surface area contributed by atoms with Crippen LogP contribution in [0.3, 0.4) is 0 Å². The summed E-state index contributed by atoms with van der Waals surface area (Å²) in [7, 11) is 7.91. The van der Waals surface area contributed by atoms with Crippen molar-refractivity contribution < 1.29 is 9.59 Å². The van der Waals surface area contributed by atoms with Crippen LogP contribution in [0.1, 0.15) is 60.0 Å². The molecular weight excluding hydrogens is 552 g/mol. The van der Waals surface area contributed by atoms with Crippen molar-refractivity contribution >= 4 is 34.8 Å². The summed E-state index contributed by atoms with van der Waals surface area (Å²) in [5.74, 6) is 1.14. The monoisotopic (exact) mass is 592 g/mol. The lowest BCUT2D eigenvalue weighted by molar-refractivity contribution is -0.116. The van der Waals surface area contributed by atoms with E-state index >= 15 is 0 Å². The number of hydrogen-bond donors (Lipinski definition) is 2. The van der Waals surface area contributed by atoms with Crippen molar-refractivity contribution in [2.75, 3.05) is 48.6 Å². The van der Waals surface area contributed by atoms with Crippen molar-refractivity contribution in [2.45, 2.75) is 50.4 Å². The van der Waals surface area contributed by atoms with Crippen molar-refractivity contribution in [1.29, 1.82) is 0 Å². The minimum Gasteiger partial charge on any atom is -0.378 e. The largest absolute Gasteiger partial charge is 0.378 e. The second-order valence-electron chi connectivity index (χ2n) is 11.8. The van der Waals surface area contributed by atoms with E-state index in [4.69, 9.17) is 0 Å². The first-order valence-electron chi connectivity index (χ1n) is 15.0. The number of aromatic nitrogens is 4. The Morgan fingerprint density at radius 1 is 0.659 bits per heavy atom. The van der Waals surface area contributed by atoms with Gasteiger partial charge in [0.1, 0.15) is 0 Å². The highest BCUT2D eigenvalue weighted by Gasteiger charge is 2.27. The Kier molecular flexibility index (Phi) is 9.79. The van der Waals surface area contributed by atoms with Crippen LogP contribution in [0.15, 0.2) is 72.8 Å². The predicted molar refractivity (Wildman–Crippen MR) is 174 cm³/mol. The van der Waals surface area contributed by atoms with Crippen LogP contribution in [0.25, 0.3) is 0 Å². The van der Waals surface area contributed by atoms with Gasteiger partial charge in [0.2, 0.25) is 11.8 Å². The van der Waals surface area contributed by atoms with Gasteiger partial charge in [-0.1, -0.05) is 30.7 Å². The van der Waals surface area contributed by atoms with Crippen LogP contribution >= 0.6 is 0 Å². The summed E-state index contributed by atoms with van der Waals surface area (Å²) < 4.78 is 0. The van der Waals surface area contributed by atoms with Gasteiger partial charge in [0, 0.05) is 51.4 Å². The van der Waals surface area contributed by atoms with Crippen LogP contribution in [0, 0.1) is 0 Å². The lowest BCUT2D eigenvalue weighted by atomic mass is 9.78. The molecule has 2 heterocycles. The first-order chi connectivity index (χ1) is 21.2. The highest BCUT2D eigenvalue weighted by atomic mass is 16.2. The third kappa shape index (κ3) is 8.15. The van der Waals surface area contributed by atoms with Gasteiger partial charge in [-0.15, -0.1) is 10.2 Å². The van der Waals surface area contributed by atoms with Gasteiger partial charge in [-0.3, -0.25) is 9.59 Å². The Labute approximate surface area is 258 Å². The third-order valence-corrected chi connectivity index (χ3v) is 8.00. The summed E-state index contributed by atoms with van der Waals surface area (Å²) in [6.07, 6.45) is 4.53. The maximum Gasteiger partial charge on any atom is 0.229 e. The summed E-state index contributed by atoms with van der Waals surface area (Å²) in [4.78, 5) is 29.3. The standard InChI is InChI=1S/C34H40N8O2/c1-41(2)27-12-5-8-23(18-27)20-33(43)35-31-16-14-29(37-39-31)25-10-7-11-26(22-25)30-15-17-32(40-38-30)36-34(44)21-24-9-6-13-28(19-24)42(3)4/h5-6,8-9,12-19,25-26H,7,10-11,20-22H2,1-4H3,(H,35,39,43)(H,36,40,44)/t25-,26-/m1/s1. The molecule has 0 aliphatic heterocycles. The van der Waals surface area contributed by atoms with Gasteiger partial charge in [-0.2, -0.15) is 10.2 Å². The summed E-state index contributed by atoms with van der Waals surface area (Å²) in [6.45, 7) is 0. The maximum atomic E-state index is 12.6. The van der Waals surface area contributed by atoms with E-state index in [0.29, 0.717) is 11.6 Å². The molecule has 0 unspecified atom stereocenters. The number of carbonyl (C=O) groups excluding carboxylic acids is 2. The zero-order valence-electron chi connectivity index (χ0n) is 25.8. The molecule has 1 aliphatic rings. The topological polar surface area (TPSA) is 116 Å². The zero-order chi connectivity index (χ0) is 31.1. The number of rotatable bonds is 10. The number of amides is 2. The first kappa shape index (κ1) is 30.6. The Balaban J connectivity index is 1.13. The molecule has 2 atom stereocenters. The average molecular weight is 593 g/mol. The molecule has 1 saturated carbocycles. The molecule has 4 aromatic rings. The minimum absolute atomic E-state index is 0.127. The Hall–Kier alpha value is -4.86. The Morgan fingerprint density at radius 3 is 1.50 bits per heavy atom. The molecule has 2 N–H and O–H groups in total. The van der Waals surface area contributed by atoms with Crippen LogP contribution in [0.4, 0.5) is 23.0 Å². The molecule has 228 valence electrons. The lowest BCUT2D eigenvalue weighted by Crippen LogP contribution is -2.19. The molecule has 0 radical (unpaired) electrons. The fraction of sp³-hybridized carbons (Fsp3) is 0.353. The second kappa shape index (κ2) is 14.1. The third-order valence-electron chi connectivity index (χ3n) is 8.00. The van der Waals surface area contributed by atoms with Gasteiger partial charge < -0.3 is 20.4 Å². The summed E-state index contributed by atoms with van der Waals surface area (Å²) in [5, 5.41) is 23.3. The molecule has 1 fully saturated rings. The van der Waals surface area contributed by atoms with Crippen LogP contribution in [-0.2, 0) is 22.4 Å². The minimum atomic E-state index is -0.127. The van der Waals surface area contributed by atoms with E-state index in [1.807, 2.05) is 111 Å². The number of hydrogen-bond acceptors (Lipinski definition) is 8. The van der Waals surface area contributed by atoms with Gasteiger partial charge in [0.25, 0.3) is 0 Å². The second-order valence-corrected chi connectivity index (χ2v) is 11.8. The fourth-order valence-corrected chi connectivity index (χ4v) is 5.62. The molecule has 10 heteroatoms. The number of nitrogens with one attached hydrogen (secondary N) is 2. The molecular formula is C34H40N8O2. The smallest absolute Gasteiger partial charge is 0.229 e. The molecule has 0 saturated heterocycles.